The van der Waals surface area contributed by atoms with Crippen molar-refractivity contribution in [3.8, 4) is 0 Å². The molecule has 6 heteroatoms. The Morgan fingerprint density at radius 3 is 2.22 bits per heavy atom. The van der Waals surface area contributed by atoms with Crippen LogP contribution in [0.4, 0.5) is 11.4 Å². The highest BCUT2D eigenvalue weighted by molar-refractivity contribution is 6.04. The van der Waals surface area contributed by atoms with Crippen molar-refractivity contribution in [1.29, 1.82) is 0 Å². The number of hydrogen-bond donors (Lipinski definition) is 2. The van der Waals surface area contributed by atoms with Gasteiger partial charge < -0.3 is 10.6 Å². The molecule has 0 radical (unpaired) electrons. The lowest BCUT2D eigenvalue weighted by Gasteiger charge is -2.07. The third kappa shape index (κ3) is 3.49. The average Bonchev–Trinajstić information content (AvgIpc) is 2.55. The van der Waals surface area contributed by atoms with Crippen LogP contribution in [0.3, 0.4) is 0 Å². The van der Waals surface area contributed by atoms with Gasteiger partial charge in [-0.05, 0) is 36.4 Å². The van der Waals surface area contributed by atoms with Gasteiger partial charge in [-0.3, -0.25) is 9.59 Å². The number of fused-ring (bicyclic) bond motifs is 1. The van der Waals surface area contributed by atoms with E-state index in [0.29, 0.717) is 11.4 Å². The van der Waals surface area contributed by atoms with E-state index in [0.717, 1.165) is 10.9 Å². The normalized spacial score (nSPS) is 10.3. The third-order valence-electron chi connectivity index (χ3n) is 3.19. The Balaban J connectivity index is 1.76. The molecule has 0 aliphatic carbocycles. The fourth-order valence-electron chi connectivity index (χ4n) is 2.13. The molecule has 0 atom stereocenters. The molecule has 0 aliphatic rings. The second-order valence-corrected chi connectivity index (χ2v) is 5.00. The number of amides is 2. The molecule has 0 bridgehead atoms. The third-order valence-corrected chi connectivity index (χ3v) is 3.19. The van der Waals surface area contributed by atoms with E-state index in [4.69, 9.17) is 0 Å². The zero-order valence-electron chi connectivity index (χ0n) is 12.4. The van der Waals surface area contributed by atoms with E-state index in [9.17, 15) is 9.59 Å². The van der Waals surface area contributed by atoms with E-state index in [1.165, 1.54) is 6.92 Å². The lowest BCUT2D eigenvalue weighted by Crippen LogP contribution is -2.14. The smallest absolute Gasteiger partial charge is 0.276 e. The van der Waals surface area contributed by atoms with E-state index in [2.05, 4.69) is 20.8 Å². The van der Waals surface area contributed by atoms with Crippen LogP contribution in [0.15, 0.2) is 54.6 Å². The molecule has 2 aromatic carbocycles. The van der Waals surface area contributed by atoms with Crippen molar-refractivity contribution < 1.29 is 9.59 Å². The predicted molar refractivity (Wildman–Crippen MR) is 88.2 cm³/mol. The fraction of sp³-hybridized carbons (Fsp3) is 0.0588. The summed E-state index contributed by atoms with van der Waals surface area (Å²) in [7, 11) is 0. The summed E-state index contributed by atoms with van der Waals surface area (Å²) < 4.78 is 0. The van der Waals surface area contributed by atoms with Crippen LogP contribution < -0.4 is 10.6 Å². The van der Waals surface area contributed by atoms with Gasteiger partial charge in [0.05, 0.1) is 5.52 Å². The number of nitrogens with zero attached hydrogens (tertiary/aromatic N) is 2. The Labute approximate surface area is 132 Å². The molecule has 0 saturated carbocycles. The monoisotopic (exact) mass is 306 g/mol. The van der Waals surface area contributed by atoms with E-state index < -0.39 is 0 Å². The number of aromatic nitrogens is 2. The van der Waals surface area contributed by atoms with Crippen molar-refractivity contribution in [2.75, 3.05) is 10.6 Å². The van der Waals surface area contributed by atoms with Crippen molar-refractivity contribution in [3.63, 3.8) is 0 Å². The molecule has 3 aromatic rings. The molecular formula is C17H14N4O2. The first kappa shape index (κ1) is 14.6. The fourth-order valence-corrected chi connectivity index (χ4v) is 2.13. The van der Waals surface area contributed by atoms with Gasteiger partial charge >= 0.3 is 0 Å². The van der Waals surface area contributed by atoms with Gasteiger partial charge in [0.15, 0.2) is 5.69 Å². The molecule has 0 fully saturated rings. The maximum Gasteiger partial charge on any atom is 0.276 e. The minimum atomic E-state index is -0.337. The van der Waals surface area contributed by atoms with Crippen molar-refractivity contribution in [2.24, 2.45) is 0 Å². The molecule has 1 heterocycles. The van der Waals surface area contributed by atoms with Crippen LogP contribution in [0, 0.1) is 0 Å². The average molecular weight is 306 g/mol. The van der Waals surface area contributed by atoms with Gasteiger partial charge in [-0.2, -0.15) is 0 Å². The Bertz CT molecular complexity index is 875. The summed E-state index contributed by atoms with van der Waals surface area (Å²) in [6, 6.07) is 16.0. The zero-order chi connectivity index (χ0) is 16.2. The first-order valence-corrected chi connectivity index (χ1v) is 7.03. The Morgan fingerprint density at radius 2 is 1.52 bits per heavy atom. The summed E-state index contributed by atoms with van der Waals surface area (Å²) in [5.41, 5.74) is 2.26. The molecule has 114 valence electrons. The highest BCUT2D eigenvalue weighted by atomic mass is 16.2. The standard InChI is InChI=1S/C17H14N4O2/c1-11(22)18-13-6-8-14(9-7-13)19-17(23)16-10-12-4-2-3-5-15(12)20-21-16/h2-10H,1H3,(H,18,22)(H,19,23). The SMILES string of the molecule is CC(=O)Nc1ccc(NC(=O)c2cc3ccccc3nn2)cc1. The summed E-state index contributed by atoms with van der Waals surface area (Å²) in [6.45, 7) is 1.44. The number of carbonyl (C=O) groups is 2. The van der Waals surface area contributed by atoms with Gasteiger partial charge in [0.2, 0.25) is 5.91 Å². The zero-order valence-corrected chi connectivity index (χ0v) is 12.4. The van der Waals surface area contributed by atoms with Crippen molar-refractivity contribution in [1.82, 2.24) is 10.2 Å². The molecule has 6 nitrogen and oxygen atoms in total. The van der Waals surface area contributed by atoms with Gasteiger partial charge in [-0.1, -0.05) is 18.2 Å². The highest BCUT2D eigenvalue weighted by Crippen LogP contribution is 2.15. The van der Waals surface area contributed by atoms with Gasteiger partial charge in [-0.25, -0.2) is 0 Å². The number of rotatable bonds is 3. The summed E-state index contributed by atoms with van der Waals surface area (Å²) in [5, 5.41) is 14.2. The largest absolute Gasteiger partial charge is 0.326 e. The van der Waals surface area contributed by atoms with Crippen LogP contribution in [0.25, 0.3) is 10.9 Å². The summed E-state index contributed by atoms with van der Waals surface area (Å²) in [5.74, 6) is -0.483. The molecule has 2 amide bonds. The van der Waals surface area contributed by atoms with Crippen molar-refractivity contribution in [2.45, 2.75) is 6.92 Å². The second kappa shape index (κ2) is 6.23. The summed E-state index contributed by atoms with van der Waals surface area (Å²) >= 11 is 0. The molecular weight excluding hydrogens is 292 g/mol. The molecule has 0 saturated heterocycles. The minimum Gasteiger partial charge on any atom is -0.326 e. The van der Waals surface area contributed by atoms with Gasteiger partial charge in [0.25, 0.3) is 5.91 Å². The van der Waals surface area contributed by atoms with Crippen LogP contribution in [-0.2, 0) is 4.79 Å². The maximum absolute atomic E-state index is 12.2. The van der Waals surface area contributed by atoms with Crippen LogP contribution in [0.1, 0.15) is 17.4 Å². The molecule has 3 rings (SSSR count). The van der Waals surface area contributed by atoms with Gasteiger partial charge in [0.1, 0.15) is 0 Å². The van der Waals surface area contributed by atoms with Gasteiger partial charge in [-0.15, -0.1) is 10.2 Å². The van der Waals surface area contributed by atoms with E-state index in [1.807, 2.05) is 24.3 Å². The lowest BCUT2D eigenvalue weighted by molar-refractivity contribution is -0.114. The maximum atomic E-state index is 12.2. The van der Waals surface area contributed by atoms with E-state index in [1.54, 1.807) is 30.3 Å². The van der Waals surface area contributed by atoms with Crippen LogP contribution >= 0.6 is 0 Å². The van der Waals surface area contributed by atoms with E-state index >= 15 is 0 Å². The first-order chi connectivity index (χ1) is 11.1. The Kier molecular flexibility index (Phi) is 3.97. The highest BCUT2D eigenvalue weighted by Gasteiger charge is 2.09. The molecule has 0 aliphatic heterocycles. The predicted octanol–water partition coefficient (Wildman–Crippen LogP) is 2.84. The molecule has 23 heavy (non-hydrogen) atoms. The molecule has 0 spiro atoms. The number of anilines is 2. The number of carbonyl (C=O) groups excluding carboxylic acids is 2. The summed E-state index contributed by atoms with van der Waals surface area (Å²) in [6.07, 6.45) is 0. The van der Waals surface area contributed by atoms with Crippen molar-refractivity contribution >= 4 is 34.1 Å². The summed E-state index contributed by atoms with van der Waals surface area (Å²) in [4.78, 5) is 23.2. The Morgan fingerprint density at radius 1 is 0.870 bits per heavy atom. The Hall–Kier alpha value is -3.28. The van der Waals surface area contributed by atoms with Crippen LogP contribution in [0.5, 0.6) is 0 Å². The number of nitrogens with one attached hydrogen (secondary N) is 2. The van der Waals surface area contributed by atoms with Crippen LogP contribution in [0.2, 0.25) is 0 Å². The number of hydrogen-bond acceptors (Lipinski definition) is 4. The second-order valence-electron chi connectivity index (χ2n) is 5.00. The van der Waals surface area contributed by atoms with E-state index in [-0.39, 0.29) is 17.5 Å². The topological polar surface area (TPSA) is 84.0 Å². The molecule has 0 unspecified atom stereocenters. The van der Waals surface area contributed by atoms with Crippen molar-refractivity contribution in [3.05, 3.63) is 60.3 Å². The first-order valence-electron chi connectivity index (χ1n) is 7.03. The quantitative estimate of drug-likeness (QED) is 0.779. The molecule has 2 N–H and O–H groups in total. The number of benzene rings is 2. The lowest BCUT2D eigenvalue weighted by atomic mass is 10.2. The minimum absolute atomic E-state index is 0.145. The van der Waals surface area contributed by atoms with Crippen LogP contribution in [-0.4, -0.2) is 22.0 Å². The van der Waals surface area contributed by atoms with Gasteiger partial charge in [0, 0.05) is 23.7 Å². The molecule has 1 aromatic heterocycles.